The van der Waals surface area contributed by atoms with Gasteiger partial charge < -0.3 is 5.32 Å². The fourth-order valence-electron chi connectivity index (χ4n) is 1.18. The average Bonchev–Trinajstić information content (AvgIpc) is 2.22. The second-order valence-electron chi connectivity index (χ2n) is 2.97. The maximum Gasteiger partial charge on any atom is 0.144 e. The molecule has 1 N–H and O–H groups in total. The molecule has 0 saturated heterocycles. The smallest absolute Gasteiger partial charge is 0.144 e. The third-order valence-corrected chi connectivity index (χ3v) is 2.49. The molecular weight excluding hydrogens is 259 g/mol. The molecule has 4 heteroatoms. The van der Waals surface area contributed by atoms with Gasteiger partial charge in [0.05, 0.1) is 4.47 Å². The van der Waals surface area contributed by atoms with Crippen molar-refractivity contribution in [3.05, 3.63) is 52.9 Å². The zero-order valence-corrected chi connectivity index (χ0v) is 9.33. The van der Waals surface area contributed by atoms with Crippen molar-refractivity contribution in [3.63, 3.8) is 0 Å². The summed E-state index contributed by atoms with van der Waals surface area (Å²) in [5.41, 5.74) is 0.675. The Balaban J connectivity index is 2.26. The number of anilines is 2. The predicted octanol–water partition coefficient (Wildman–Crippen LogP) is 3.73. The fraction of sp³-hybridized carbons (Fsp3) is 0. The van der Waals surface area contributed by atoms with E-state index in [0.717, 1.165) is 4.47 Å². The molecule has 1 aromatic carbocycles. The van der Waals surface area contributed by atoms with Gasteiger partial charge in [-0.2, -0.15) is 0 Å². The van der Waals surface area contributed by atoms with Crippen molar-refractivity contribution < 1.29 is 4.39 Å². The molecule has 0 spiro atoms. The molecule has 0 unspecified atom stereocenters. The van der Waals surface area contributed by atoms with E-state index >= 15 is 0 Å². The van der Waals surface area contributed by atoms with Crippen LogP contribution in [0.25, 0.3) is 0 Å². The molecule has 0 radical (unpaired) electrons. The molecule has 15 heavy (non-hydrogen) atoms. The standard InChI is InChI=1S/C11H8BrFN2/c12-10-5-2-6-14-11(10)15-9-4-1-3-8(13)7-9/h1-7H,(H,14,15). The van der Waals surface area contributed by atoms with Crippen LogP contribution in [-0.4, -0.2) is 4.98 Å². The van der Waals surface area contributed by atoms with Gasteiger partial charge in [0.2, 0.25) is 0 Å². The van der Waals surface area contributed by atoms with E-state index in [1.165, 1.54) is 12.1 Å². The van der Waals surface area contributed by atoms with Gasteiger partial charge >= 0.3 is 0 Å². The fourth-order valence-corrected chi connectivity index (χ4v) is 1.53. The minimum absolute atomic E-state index is 0.271. The lowest BCUT2D eigenvalue weighted by Crippen LogP contribution is -1.94. The zero-order valence-electron chi connectivity index (χ0n) is 7.74. The van der Waals surface area contributed by atoms with E-state index in [0.29, 0.717) is 11.5 Å². The van der Waals surface area contributed by atoms with E-state index in [2.05, 4.69) is 26.2 Å². The van der Waals surface area contributed by atoms with Gasteiger partial charge in [0, 0.05) is 11.9 Å². The molecule has 0 aliphatic carbocycles. The molecule has 0 saturated carbocycles. The Morgan fingerprint density at radius 2 is 2.07 bits per heavy atom. The SMILES string of the molecule is Fc1cccc(Nc2ncccc2Br)c1. The molecule has 0 bridgehead atoms. The first-order chi connectivity index (χ1) is 7.25. The maximum atomic E-state index is 12.9. The number of halogens is 2. The van der Waals surface area contributed by atoms with Crippen molar-refractivity contribution in [1.29, 1.82) is 0 Å². The largest absolute Gasteiger partial charge is 0.339 e. The second-order valence-corrected chi connectivity index (χ2v) is 3.82. The number of hydrogen-bond donors (Lipinski definition) is 1. The summed E-state index contributed by atoms with van der Waals surface area (Å²) in [6.45, 7) is 0. The van der Waals surface area contributed by atoms with Crippen LogP contribution in [0.15, 0.2) is 47.1 Å². The van der Waals surface area contributed by atoms with Gasteiger partial charge in [-0.05, 0) is 46.3 Å². The Kier molecular flexibility index (Phi) is 2.97. The lowest BCUT2D eigenvalue weighted by molar-refractivity contribution is 0.628. The highest BCUT2D eigenvalue weighted by Gasteiger charge is 2.00. The molecule has 2 rings (SSSR count). The molecule has 76 valence electrons. The van der Waals surface area contributed by atoms with Gasteiger partial charge in [-0.15, -0.1) is 0 Å². The van der Waals surface area contributed by atoms with Gasteiger partial charge in [0.25, 0.3) is 0 Å². The average molecular weight is 267 g/mol. The van der Waals surface area contributed by atoms with Gasteiger partial charge in [-0.3, -0.25) is 0 Å². The number of aromatic nitrogens is 1. The third-order valence-electron chi connectivity index (χ3n) is 1.85. The summed E-state index contributed by atoms with van der Waals surface area (Å²) in [6, 6.07) is 9.94. The lowest BCUT2D eigenvalue weighted by Gasteiger charge is -2.06. The molecule has 1 heterocycles. The van der Waals surface area contributed by atoms with Crippen molar-refractivity contribution in [2.45, 2.75) is 0 Å². The van der Waals surface area contributed by atoms with Crippen molar-refractivity contribution in [3.8, 4) is 0 Å². The van der Waals surface area contributed by atoms with E-state index in [-0.39, 0.29) is 5.82 Å². The Hall–Kier alpha value is -1.42. The molecule has 0 amide bonds. The van der Waals surface area contributed by atoms with Gasteiger partial charge in [0.15, 0.2) is 0 Å². The van der Waals surface area contributed by atoms with Crippen LogP contribution in [0, 0.1) is 5.82 Å². The summed E-state index contributed by atoms with van der Waals surface area (Å²) in [5, 5.41) is 3.02. The van der Waals surface area contributed by atoms with E-state index in [9.17, 15) is 4.39 Å². The van der Waals surface area contributed by atoms with Crippen LogP contribution in [0.4, 0.5) is 15.9 Å². The first-order valence-corrected chi connectivity index (χ1v) is 5.18. The van der Waals surface area contributed by atoms with E-state index in [1.807, 2.05) is 12.1 Å². The van der Waals surface area contributed by atoms with Crippen LogP contribution in [0.5, 0.6) is 0 Å². The van der Waals surface area contributed by atoms with E-state index < -0.39 is 0 Å². The Morgan fingerprint density at radius 3 is 2.80 bits per heavy atom. The highest BCUT2D eigenvalue weighted by Crippen LogP contribution is 2.22. The molecule has 1 aromatic heterocycles. The molecule has 2 aromatic rings. The van der Waals surface area contributed by atoms with Crippen molar-refractivity contribution in [1.82, 2.24) is 4.98 Å². The summed E-state index contributed by atoms with van der Waals surface area (Å²) < 4.78 is 13.7. The summed E-state index contributed by atoms with van der Waals surface area (Å²) in [6.07, 6.45) is 1.67. The number of rotatable bonds is 2. The summed E-state index contributed by atoms with van der Waals surface area (Å²) in [4.78, 5) is 4.12. The quantitative estimate of drug-likeness (QED) is 0.896. The normalized spacial score (nSPS) is 10.0. The maximum absolute atomic E-state index is 12.9. The number of nitrogens with one attached hydrogen (secondary N) is 1. The van der Waals surface area contributed by atoms with Crippen LogP contribution in [0.2, 0.25) is 0 Å². The van der Waals surface area contributed by atoms with Crippen LogP contribution in [0.3, 0.4) is 0 Å². The number of hydrogen-bond acceptors (Lipinski definition) is 2. The Bertz CT molecular complexity index is 474. The predicted molar refractivity (Wildman–Crippen MR) is 61.6 cm³/mol. The minimum Gasteiger partial charge on any atom is -0.339 e. The highest BCUT2D eigenvalue weighted by atomic mass is 79.9. The van der Waals surface area contributed by atoms with E-state index in [1.54, 1.807) is 18.3 Å². The monoisotopic (exact) mass is 266 g/mol. The summed E-state index contributed by atoms with van der Waals surface area (Å²) in [5.74, 6) is 0.398. The Morgan fingerprint density at radius 1 is 1.20 bits per heavy atom. The van der Waals surface area contributed by atoms with E-state index in [4.69, 9.17) is 0 Å². The van der Waals surface area contributed by atoms with Crippen LogP contribution >= 0.6 is 15.9 Å². The van der Waals surface area contributed by atoms with Crippen molar-refractivity contribution in [2.75, 3.05) is 5.32 Å². The van der Waals surface area contributed by atoms with Crippen LogP contribution in [-0.2, 0) is 0 Å². The third kappa shape index (κ3) is 2.53. The highest BCUT2D eigenvalue weighted by molar-refractivity contribution is 9.10. The molecule has 0 aliphatic heterocycles. The minimum atomic E-state index is -0.271. The van der Waals surface area contributed by atoms with Crippen molar-refractivity contribution in [2.24, 2.45) is 0 Å². The summed E-state index contributed by atoms with van der Waals surface area (Å²) >= 11 is 3.35. The zero-order chi connectivity index (χ0) is 10.7. The number of pyridine rings is 1. The molecule has 0 fully saturated rings. The first-order valence-electron chi connectivity index (χ1n) is 4.39. The topological polar surface area (TPSA) is 24.9 Å². The molecule has 2 nitrogen and oxygen atoms in total. The molecule has 0 aliphatic rings. The van der Waals surface area contributed by atoms with Gasteiger partial charge in [0.1, 0.15) is 11.6 Å². The lowest BCUT2D eigenvalue weighted by atomic mass is 10.3. The van der Waals surface area contributed by atoms with Crippen molar-refractivity contribution >= 4 is 27.4 Å². The number of benzene rings is 1. The Labute approximate surface area is 95.3 Å². The summed E-state index contributed by atoms with van der Waals surface area (Å²) in [7, 11) is 0. The van der Waals surface area contributed by atoms with Crippen LogP contribution in [0.1, 0.15) is 0 Å². The molecule has 0 atom stereocenters. The second kappa shape index (κ2) is 4.40. The van der Waals surface area contributed by atoms with Crippen LogP contribution < -0.4 is 5.32 Å². The molecular formula is C11H8BrFN2. The van der Waals surface area contributed by atoms with Gasteiger partial charge in [-0.25, -0.2) is 9.37 Å². The van der Waals surface area contributed by atoms with Gasteiger partial charge in [-0.1, -0.05) is 6.07 Å². The number of nitrogens with zero attached hydrogens (tertiary/aromatic N) is 1. The first kappa shape index (κ1) is 10.1.